The molecule has 1 aromatic heterocycles. The predicted molar refractivity (Wildman–Crippen MR) is 135 cm³/mol. The van der Waals surface area contributed by atoms with E-state index in [0.717, 1.165) is 29.5 Å². The topological polar surface area (TPSA) is 103 Å². The SMILES string of the molecule is CC(C)(Cc1ccc(NS(=O)(=O)N[C@@H]2C[C@@H]2c2ccccc2)cc1)NC[C@H](O)c1cccnc1. The molecule has 7 nitrogen and oxygen atoms in total. The molecule has 0 spiro atoms. The fourth-order valence-corrected chi connectivity index (χ4v) is 5.27. The third-order valence-corrected chi connectivity index (χ3v) is 7.14. The van der Waals surface area contributed by atoms with Crippen molar-refractivity contribution >= 4 is 15.9 Å². The molecule has 34 heavy (non-hydrogen) atoms. The number of hydrogen-bond donors (Lipinski definition) is 4. The van der Waals surface area contributed by atoms with E-state index >= 15 is 0 Å². The van der Waals surface area contributed by atoms with Crippen LogP contribution in [0, 0.1) is 0 Å². The van der Waals surface area contributed by atoms with Gasteiger partial charge in [0.25, 0.3) is 10.2 Å². The second-order valence-corrected chi connectivity index (χ2v) is 11.0. The number of anilines is 1. The van der Waals surface area contributed by atoms with E-state index < -0.39 is 16.3 Å². The number of aromatic nitrogens is 1. The highest BCUT2D eigenvalue weighted by Gasteiger charge is 2.40. The zero-order valence-electron chi connectivity index (χ0n) is 19.5. The quantitative estimate of drug-likeness (QED) is 0.336. The molecule has 1 fully saturated rings. The van der Waals surface area contributed by atoms with Crippen LogP contribution < -0.4 is 14.8 Å². The number of rotatable bonds is 11. The first-order valence-corrected chi connectivity index (χ1v) is 13.0. The molecule has 0 amide bonds. The van der Waals surface area contributed by atoms with Gasteiger partial charge in [0, 0.05) is 47.7 Å². The minimum atomic E-state index is -3.65. The van der Waals surface area contributed by atoms with Gasteiger partial charge in [-0.05, 0) is 56.0 Å². The van der Waals surface area contributed by atoms with E-state index in [2.05, 4.69) is 33.6 Å². The lowest BCUT2D eigenvalue weighted by Crippen LogP contribution is -2.43. The lowest BCUT2D eigenvalue weighted by molar-refractivity contribution is 0.160. The zero-order valence-corrected chi connectivity index (χ0v) is 20.3. The first-order valence-electron chi connectivity index (χ1n) is 11.5. The maximum Gasteiger partial charge on any atom is 0.299 e. The maximum absolute atomic E-state index is 12.5. The van der Waals surface area contributed by atoms with Crippen LogP contribution in [-0.2, 0) is 16.6 Å². The summed E-state index contributed by atoms with van der Waals surface area (Å²) < 4.78 is 30.5. The van der Waals surface area contributed by atoms with Crippen molar-refractivity contribution < 1.29 is 13.5 Å². The molecule has 0 radical (unpaired) electrons. The van der Waals surface area contributed by atoms with E-state index in [4.69, 9.17) is 0 Å². The fourth-order valence-electron chi connectivity index (χ4n) is 4.11. The van der Waals surface area contributed by atoms with Gasteiger partial charge in [-0.15, -0.1) is 0 Å². The van der Waals surface area contributed by atoms with Gasteiger partial charge in [0.2, 0.25) is 0 Å². The number of nitrogens with one attached hydrogen (secondary N) is 3. The standard InChI is InChI=1S/C26H32N4O3S/c1-26(2,28-18-25(31)21-9-6-14-27-17-21)16-19-10-12-22(13-11-19)29-34(32,33)30-24-15-23(24)20-7-4-3-5-8-20/h3-14,17,23-25,28-31H,15-16,18H2,1-2H3/t23-,24-,25+/m1/s1. The lowest BCUT2D eigenvalue weighted by atomic mass is 9.94. The molecule has 0 unspecified atom stereocenters. The number of hydrogen-bond acceptors (Lipinski definition) is 5. The van der Waals surface area contributed by atoms with Crippen LogP contribution in [0.25, 0.3) is 0 Å². The molecular weight excluding hydrogens is 448 g/mol. The summed E-state index contributed by atoms with van der Waals surface area (Å²) in [6, 6.07) is 20.9. The van der Waals surface area contributed by atoms with Crippen molar-refractivity contribution in [3.05, 3.63) is 95.8 Å². The van der Waals surface area contributed by atoms with Crippen LogP contribution in [0.3, 0.4) is 0 Å². The Morgan fingerprint density at radius 2 is 1.79 bits per heavy atom. The molecule has 1 saturated carbocycles. The summed E-state index contributed by atoms with van der Waals surface area (Å²) in [5, 5.41) is 13.8. The van der Waals surface area contributed by atoms with Crippen LogP contribution in [0.2, 0.25) is 0 Å². The molecule has 2 aromatic carbocycles. The van der Waals surface area contributed by atoms with E-state index in [1.807, 2.05) is 48.5 Å². The van der Waals surface area contributed by atoms with Crippen LogP contribution in [0.1, 0.15) is 49.0 Å². The number of benzene rings is 2. The molecule has 180 valence electrons. The largest absolute Gasteiger partial charge is 0.387 e. The van der Waals surface area contributed by atoms with Crippen molar-refractivity contribution in [1.82, 2.24) is 15.0 Å². The van der Waals surface area contributed by atoms with E-state index in [9.17, 15) is 13.5 Å². The highest BCUT2D eigenvalue weighted by molar-refractivity contribution is 7.90. The van der Waals surface area contributed by atoms with Crippen molar-refractivity contribution in [3.63, 3.8) is 0 Å². The number of aliphatic hydroxyl groups is 1. The van der Waals surface area contributed by atoms with E-state index in [1.54, 1.807) is 30.6 Å². The Balaban J connectivity index is 1.27. The third-order valence-electron chi connectivity index (χ3n) is 6.02. The smallest absolute Gasteiger partial charge is 0.299 e. The van der Waals surface area contributed by atoms with E-state index in [1.165, 1.54) is 0 Å². The van der Waals surface area contributed by atoms with Crippen molar-refractivity contribution in [2.75, 3.05) is 11.3 Å². The highest BCUT2D eigenvalue weighted by Crippen LogP contribution is 2.41. The Hall–Kier alpha value is -2.78. The molecule has 0 aliphatic heterocycles. The fraction of sp³-hybridized carbons (Fsp3) is 0.346. The number of aliphatic hydroxyl groups excluding tert-OH is 1. The normalized spacial score (nSPS) is 18.9. The van der Waals surface area contributed by atoms with Crippen LogP contribution in [0.5, 0.6) is 0 Å². The summed E-state index contributed by atoms with van der Waals surface area (Å²) >= 11 is 0. The van der Waals surface area contributed by atoms with Gasteiger partial charge >= 0.3 is 0 Å². The van der Waals surface area contributed by atoms with Crippen LogP contribution in [-0.4, -0.2) is 36.6 Å². The van der Waals surface area contributed by atoms with Gasteiger partial charge in [-0.3, -0.25) is 9.71 Å². The number of pyridine rings is 1. The summed E-state index contributed by atoms with van der Waals surface area (Å²) in [7, 11) is -3.65. The average molecular weight is 481 g/mol. The van der Waals surface area contributed by atoms with Crippen LogP contribution in [0.15, 0.2) is 79.1 Å². The van der Waals surface area contributed by atoms with E-state index in [0.29, 0.717) is 12.2 Å². The molecule has 4 N–H and O–H groups in total. The molecule has 3 atom stereocenters. The van der Waals surface area contributed by atoms with Crippen molar-refractivity contribution in [2.45, 2.75) is 50.3 Å². The molecule has 3 aromatic rings. The Kier molecular flexibility index (Phi) is 7.33. The van der Waals surface area contributed by atoms with Gasteiger partial charge in [-0.2, -0.15) is 13.1 Å². The highest BCUT2D eigenvalue weighted by atomic mass is 32.2. The van der Waals surface area contributed by atoms with Gasteiger partial charge in [-0.25, -0.2) is 0 Å². The van der Waals surface area contributed by atoms with Crippen LogP contribution in [0.4, 0.5) is 5.69 Å². The molecule has 1 aliphatic carbocycles. The molecule has 1 aliphatic rings. The molecule has 0 saturated heterocycles. The second-order valence-electron chi connectivity index (χ2n) is 9.52. The summed E-state index contributed by atoms with van der Waals surface area (Å²) in [6.45, 7) is 4.55. The molecule has 8 heteroatoms. The van der Waals surface area contributed by atoms with Gasteiger partial charge in [0.05, 0.1) is 6.10 Å². The van der Waals surface area contributed by atoms with Crippen molar-refractivity contribution in [2.24, 2.45) is 0 Å². The monoisotopic (exact) mass is 480 g/mol. The minimum Gasteiger partial charge on any atom is -0.387 e. The average Bonchev–Trinajstić information content (AvgIpc) is 3.58. The van der Waals surface area contributed by atoms with Gasteiger partial charge < -0.3 is 10.4 Å². The number of β-amino-alcohol motifs (C(OH)–C–C–N with tert-alkyl or cyclic N) is 1. The molecule has 4 rings (SSSR count). The van der Waals surface area contributed by atoms with E-state index in [-0.39, 0.29) is 17.5 Å². The Morgan fingerprint density at radius 1 is 1.06 bits per heavy atom. The third kappa shape index (κ3) is 6.87. The van der Waals surface area contributed by atoms with Gasteiger partial charge in [-0.1, -0.05) is 48.5 Å². The second kappa shape index (κ2) is 10.2. The number of nitrogens with zero attached hydrogens (tertiary/aromatic N) is 1. The van der Waals surface area contributed by atoms with Gasteiger partial charge in [0.15, 0.2) is 0 Å². The Labute approximate surface area is 201 Å². The predicted octanol–water partition coefficient (Wildman–Crippen LogP) is 3.53. The zero-order chi connectivity index (χ0) is 24.2. The Bertz CT molecular complexity index is 1170. The maximum atomic E-state index is 12.5. The lowest BCUT2D eigenvalue weighted by Gasteiger charge is -2.28. The summed E-state index contributed by atoms with van der Waals surface area (Å²) in [5.41, 5.74) is 3.26. The molecule has 1 heterocycles. The summed E-state index contributed by atoms with van der Waals surface area (Å²) in [6.07, 6.45) is 4.24. The summed E-state index contributed by atoms with van der Waals surface area (Å²) in [4.78, 5) is 4.05. The van der Waals surface area contributed by atoms with Crippen molar-refractivity contribution in [3.8, 4) is 0 Å². The van der Waals surface area contributed by atoms with Crippen molar-refractivity contribution in [1.29, 1.82) is 0 Å². The summed E-state index contributed by atoms with van der Waals surface area (Å²) in [5.74, 6) is 0.228. The molecule has 0 bridgehead atoms. The van der Waals surface area contributed by atoms with Crippen LogP contribution >= 0.6 is 0 Å². The first-order chi connectivity index (χ1) is 16.2. The first kappa shape index (κ1) is 24.3. The van der Waals surface area contributed by atoms with Gasteiger partial charge in [0.1, 0.15) is 0 Å². The molecular formula is C26H32N4O3S. The Morgan fingerprint density at radius 3 is 2.47 bits per heavy atom. The minimum absolute atomic E-state index is 0.0759.